The monoisotopic (exact) mass is 385 g/mol. The summed E-state index contributed by atoms with van der Waals surface area (Å²) < 4.78 is 10.5. The van der Waals surface area contributed by atoms with Gasteiger partial charge >= 0.3 is 0 Å². The lowest BCUT2D eigenvalue weighted by Gasteiger charge is -2.10. The Kier molecular flexibility index (Phi) is 7.53. The van der Waals surface area contributed by atoms with Gasteiger partial charge in [-0.2, -0.15) is 5.26 Å². The molecule has 0 saturated carbocycles. The molecule has 140 valence electrons. The fourth-order valence-corrected chi connectivity index (χ4v) is 2.58. The van der Waals surface area contributed by atoms with Crippen LogP contribution in [0.2, 0.25) is 5.02 Å². The maximum Gasteiger partial charge on any atom is 0.267 e. The number of amides is 1. The van der Waals surface area contributed by atoms with Crippen LogP contribution in [-0.4, -0.2) is 26.7 Å². The summed E-state index contributed by atoms with van der Waals surface area (Å²) >= 11 is 5.95. The average Bonchev–Trinajstić information content (AvgIpc) is 2.68. The lowest BCUT2D eigenvalue weighted by Crippen LogP contribution is -2.18. The van der Waals surface area contributed by atoms with Crippen molar-refractivity contribution in [2.24, 2.45) is 0 Å². The van der Waals surface area contributed by atoms with Gasteiger partial charge in [0, 0.05) is 17.8 Å². The molecule has 2 aromatic rings. The number of carbonyl (C=O) groups is 1. The van der Waals surface area contributed by atoms with Crippen LogP contribution in [-0.2, 0) is 11.2 Å². The highest BCUT2D eigenvalue weighted by Gasteiger charge is 2.12. The summed E-state index contributed by atoms with van der Waals surface area (Å²) in [6, 6.07) is 14.4. The molecule has 0 aliphatic rings. The number of para-hydroxylation sites is 1. The zero-order chi connectivity index (χ0) is 19.6. The van der Waals surface area contributed by atoms with E-state index >= 15 is 0 Å². The van der Waals surface area contributed by atoms with Gasteiger partial charge in [0.05, 0.1) is 19.9 Å². The number of hydrogen-bond acceptors (Lipinski definition) is 5. The van der Waals surface area contributed by atoms with E-state index in [2.05, 4.69) is 10.6 Å². The quantitative estimate of drug-likeness (QED) is 0.412. The Bertz CT molecular complexity index is 875. The Hall–Kier alpha value is -3.17. The van der Waals surface area contributed by atoms with E-state index in [0.717, 1.165) is 11.3 Å². The summed E-state index contributed by atoms with van der Waals surface area (Å²) in [4.78, 5) is 12.3. The lowest BCUT2D eigenvalue weighted by molar-refractivity contribution is -0.112. The smallest absolute Gasteiger partial charge is 0.267 e. The first-order valence-corrected chi connectivity index (χ1v) is 8.57. The largest absolute Gasteiger partial charge is 0.496 e. The number of nitrogens with zero attached hydrogens (tertiary/aromatic N) is 1. The van der Waals surface area contributed by atoms with Gasteiger partial charge in [-0.15, -0.1) is 0 Å². The van der Waals surface area contributed by atoms with Crippen LogP contribution in [0.5, 0.6) is 11.5 Å². The number of carbonyl (C=O) groups excluding carboxylic acids is 1. The van der Waals surface area contributed by atoms with E-state index in [0.29, 0.717) is 29.4 Å². The maximum absolute atomic E-state index is 12.3. The molecule has 0 spiro atoms. The highest BCUT2D eigenvalue weighted by molar-refractivity contribution is 6.31. The zero-order valence-electron chi connectivity index (χ0n) is 15.1. The van der Waals surface area contributed by atoms with E-state index in [1.807, 2.05) is 30.3 Å². The van der Waals surface area contributed by atoms with Crippen LogP contribution >= 0.6 is 11.6 Å². The fourth-order valence-electron chi connectivity index (χ4n) is 2.41. The Morgan fingerprint density at radius 3 is 2.63 bits per heavy atom. The van der Waals surface area contributed by atoms with Crippen molar-refractivity contribution in [2.75, 3.05) is 26.1 Å². The molecule has 0 aliphatic heterocycles. The van der Waals surface area contributed by atoms with E-state index < -0.39 is 5.91 Å². The van der Waals surface area contributed by atoms with E-state index in [-0.39, 0.29) is 5.57 Å². The van der Waals surface area contributed by atoms with Gasteiger partial charge in [-0.05, 0) is 36.2 Å². The second-order valence-electron chi connectivity index (χ2n) is 5.48. The Morgan fingerprint density at radius 2 is 1.93 bits per heavy atom. The van der Waals surface area contributed by atoms with Crippen molar-refractivity contribution < 1.29 is 14.3 Å². The topological polar surface area (TPSA) is 83.4 Å². The third-order valence-electron chi connectivity index (χ3n) is 3.75. The molecule has 27 heavy (non-hydrogen) atoms. The SMILES string of the molecule is COc1ccccc1CCN/C=C(/C#N)C(=O)Nc1cc(Cl)ccc1OC. The summed E-state index contributed by atoms with van der Waals surface area (Å²) in [5.41, 5.74) is 1.37. The molecule has 0 aromatic heterocycles. The van der Waals surface area contributed by atoms with Gasteiger partial charge in [0.15, 0.2) is 0 Å². The molecule has 0 atom stereocenters. The van der Waals surface area contributed by atoms with E-state index in [1.54, 1.807) is 25.3 Å². The zero-order valence-corrected chi connectivity index (χ0v) is 15.8. The third kappa shape index (κ3) is 5.66. The average molecular weight is 386 g/mol. The van der Waals surface area contributed by atoms with Crippen molar-refractivity contribution in [3.8, 4) is 17.6 Å². The molecule has 1 amide bonds. The second kappa shape index (κ2) is 10.1. The van der Waals surface area contributed by atoms with Crippen molar-refractivity contribution in [3.05, 3.63) is 64.8 Å². The normalized spacial score (nSPS) is 10.7. The number of ether oxygens (including phenoxy) is 2. The summed E-state index contributed by atoms with van der Waals surface area (Å²) in [5.74, 6) is 0.701. The first-order chi connectivity index (χ1) is 13.1. The standard InChI is InChI=1S/C20H20ClN3O3/c1-26-18-6-4-3-5-14(18)9-10-23-13-15(12-22)20(25)24-17-11-16(21)7-8-19(17)27-2/h3-8,11,13,23H,9-10H2,1-2H3,(H,24,25)/b15-13-. The number of methoxy groups -OCH3 is 2. The van der Waals surface area contributed by atoms with Crippen LogP contribution in [0.4, 0.5) is 5.69 Å². The molecule has 2 rings (SSSR count). The van der Waals surface area contributed by atoms with Gasteiger partial charge in [-0.3, -0.25) is 4.79 Å². The van der Waals surface area contributed by atoms with Crippen molar-refractivity contribution in [1.82, 2.24) is 5.32 Å². The predicted octanol–water partition coefficient (Wildman–Crippen LogP) is 3.54. The second-order valence-corrected chi connectivity index (χ2v) is 5.92. The molecule has 0 saturated heterocycles. The number of rotatable bonds is 8. The van der Waals surface area contributed by atoms with Gasteiger partial charge < -0.3 is 20.1 Å². The van der Waals surface area contributed by atoms with E-state index in [9.17, 15) is 10.1 Å². The van der Waals surface area contributed by atoms with Crippen molar-refractivity contribution >= 4 is 23.2 Å². The number of anilines is 1. The molecule has 0 radical (unpaired) electrons. The Balaban J connectivity index is 1.98. The van der Waals surface area contributed by atoms with Crippen molar-refractivity contribution in [3.63, 3.8) is 0 Å². The summed E-state index contributed by atoms with van der Waals surface area (Å²) in [6.45, 7) is 0.541. The van der Waals surface area contributed by atoms with E-state index in [1.165, 1.54) is 13.3 Å². The van der Waals surface area contributed by atoms with Gasteiger partial charge in [0.1, 0.15) is 23.1 Å². The first-order valence-electron chi connectivity index (χ1n) is 8.19. The minimum absolute atomic E-state index is 0.0583. The summed E-state index contributed by atoms with van der Waals surface area (Å²) in [5, 5.41) is 15.3. The highest BCUT2D eigenvalue weighted by atomic mass is 35.5. The number of halogens is 1. The van der Waals surface area contributed by atoms with Gasteiger partial charge in [-0.25, -0.2) is 0 Å². The number of hydrogen-bond donors (Lipinski definition) is 2. The highest BCUT2D eigenvalue weighted by Crippen LogP contribution is 2.27. The Labute approximate surface area is 163 Å². The van der Waals surface area contributed by atoms with Gasteiger partial charge in [-0.1, -0.05) is 29.8 Å². The minimum atomic E-state index is -0.553. The van der Waals surface area contributed by atoms with Gasteiger partial charge in [0.25, 0.3) is 5.91 Å². The van der Waals surface area contributed by atoms with Crippen LogP contribution in [0.15, 0.2) is 54.2 Å². The molecule has 0 unspecified atom stereocenters. The summed E-state index contributed by atoms with van der Waals surface area (Å²) in [7, 11) is 3.10. The fraction of sp³-hybridized carbons (Fsp3) is 0.200. The third-order valence-corrected chi connectivity index (χ3v) is 3.99. The lowest BCUT2D eigenvalue weighted by atomic mass is 10.1. The van der Waals surface area contributed by atoms with Crippen molar-refractivity contribution in [2.45, 2.75) is 6.42 Å². The van der Waals surface area contributed by atoms with Crippen LogP contribution < -0.4 is 20.1 Å². The molecular weight excluding hydrogens is 366 g/mol. The molecule has 7 heteroatoms. The van der Waals surface area contributed by atoms with Crippen LogP contribution in [0.1, 0.15) is 5.56 Å². The van der Waals surface area contributed by atoms with Crippen LogP contribution in [0.25, 0.3) is 0 Å². The first kappa shape index (κ1) is 20.1. The number of benzene rings is 2. The molecule has 2 aromatic carbocycles. The number of nitrogens with one attached hydrogen (secondary N) is 2. The van der Waals surface area contributed by atoms with Crippen molar-refractivity contribution in [1.29, 1.82) is 5.26 Å². The van der Waals surface area contributed by atoms with Crippen LogP contribution in [0, 0.1) is 11.3 Å². The molecule has 0 bridgehead atoms. The van der Waals surface area contributed by atoms with Crippen LogP contribution in [0.3, 0.4) is 0 Å². The minimum Gasteiger partial charge on any atom is -0.496 e. The predicted molar refractivity (Wildman–Crippen MR) is 105 cm³/mol. The van der Waals surface area contributed by atoms with E-state index in [4.69, 9.17) is 21.1 Å². The van der Waals surface area contributed by atoms with Gasteiger partial charge in [0.2, 0.25) is 0 Å². The molecule has 0 aliphatic carbocycles. The molecule has 6 nitrogen and oxygen atoms in total. The maximum atomic E-state index is 12.3. The molecular formula is C20H20ClN3O3. The molecule has 0 heterocycles. The number of nitriles is 1. The molecule has 2 N–H and O–H groups in total. The molecule has 0 fully saturated rings. The summed E-state index contributed by atoms with van der Waals surface area (Å²) in [6.07, 6.45) is 2.07. The Morgan fingerprint density at radius 1 is 1.19 bits per heavy atom.